The zero-order valence-corrected chi connectivity index (χ0v) is 14.0. The lowest BCUT2D eigenvalue weighted by atomic mass is 9.92. The first-order chi connectivity index (χ1) is 9.15. The summed E-state index contributed by atoms with van der Waals surface area (Å²) >= 11 is 3.45. The largest absolute Gasteiger partial charge is 0.338 e. The second-order valence-electron chi connectivity index (χ2n) is 5.61. The van der Waals surface area contributed by atoms with Gasteiger partial charge in [0, 0.05) is 29.2 Å². The average Bonchev–Trinajstić information content (AvgIpc) is 2.88. The predicted molar refractivity (Wildman–Crippen MR) is 86.5 cm³/mol. The third-order valence-electron chi connectivity index (χ3n) is 4.37. The zero-order chi connectivity index (χ0) is 13.4. The second kappa shape index (κ2) is 6.46. The van der Waals surface area contributed by atoms with E-state index in [1.165, 1.54) is 6.42 Å². The van der Waals surface area contributed by atoms with Crippen molar-refractivity contribution in [1.29, 1.82) is 0 Å². The number of halogens is 2. The molecule has 1 aromatic rings. The maximum atomic E-state index is 12.6. The summed E-state index contributed by atoms with van der Waals surface area (Å²) in [5, 5.41) is 3.53. The Morgan fingerprint density at radius 2 is 2.20 bits per heavy atom. The summed E-state index contributed by atoms with van der Waals surface area (Å²) in [4.78, 5) is 14.7. The molecule has 2 atom stereocenters. The van der Waals surface area contributed by atoms with Gasteiger partial charge in [-0.05, 0) is 49.9 Å². The third kappa shape index (κ3) is 3.02. The van der Waals surface area contributed by atoms with Gasteiger partial charge in [0.2, 0.25) is 0 Å². The molecule has 0 bridgehead atoms. The van der Waals surface area contributed by atoms with Crippen molar-refractivity contribution in [2.24, 2.45) is 5.92 Å². The molecule has 3 nitrogen and oxygen atoms in total. The molecule has 110 valence electrons. The number of hydrogen-bond donors (Lipinski definition) is 1. The molecule has 1 amide bonds. The number of piperidine rings is 1. The molecule has 0 aromatic heterocycles. The normalized spacial score (nSPS) is 25.0. The highest BCUT2D eigenvalue weighted by atomic mass is 79.9. The summed E-state index contributed by atoms with van der Waals surface area (Å²) in [5.74, 6) is 0.828. The van der Waals surface area contributed by atoms with Crippen LogP contribution in [0.1, 0.15) is 28.8 Å². The highest BCUT2D eigenvalue weighted by molar-refractivity contribution is 9.10. The fourth-order valence-corrected chi connectivity index (χ4v) is 3.59. The SMILES string of the molecule is Cc1ccc(Br)cc1C(=O)N1CCC2NCCC2C1.Cl. The summed E-state index contributed by atoms with van der Waals surface area (Å²) in [7, 11) is 0. The Balaban J connectivity index is 0.00000147. The van der Waals surface area contributed by atoms with Gasteiger partial charge in [-0.15, -0.1) is 12.4 Å². The summed E-state index contributed by atoms with van der Waals surface area (Å²) in [6, 6.07) is 6.56. The molecule has 0 radical (unpaired) electrons. The van der Waals surface area contributed by atoms with Gasteiger partial charge in [0.15, 0.2) is 0 Å². The first kappa shape index (κ1) is 15.8. The molecule has 0 spiro atoms. The van der Waals surface area contributed by atoms with E-state index >= 15 is 0 Å². The molecular formula is C15H20BrClN2O. The molecule has 3 rings (SSSR count). The molecule has 20 heavy (non-hydrogen) atoms. The van der Waals surface area contributed by atoms with E-state index in [0.717, 1.165) is 41.7 Å². The molecule has 1 N–H and O–H groups in total. The first-order valence-electron chi connectivity index (χ1n) is 6.94. The van der Waals surface area contributed by atoms with Crippen LogP contribution in [-0.2, 0) is 0 Å². The fourth-order valence-electron chi connectivity index (χ4n) is 3.23. The van der Waals surface area contributed by atoms with Crippen LogP contribution in [0.3, 0.4) is 0 Å². The number of aryl methyl sites for hydroxylation is 1. The van der Waals surface area contributed by atoms with Gasteiger partial charge in [0.1, 0.15) is 0 Å². The number of nitrogens with one attached hydrogen (secondary N) is 1. The van der Waals surface area contributed by atoms with Gasteiger partial charge in [-0.3, -0.25) is 4.79 Å². The van der Waals surface area contributed by atoms with Crippen molar-refractivity contribution in [3.05, 3.63) is 33.8 Å². The summed E-state index contributed by atoms with van der Waals surface area (Å²) in [5.41, 5.74) is 1.89. The molecule has 2 saturated heterocycles. The lowest BCUT2D eigenvalue weighted by molar-refractivity contribution is 0.0661. The van der Waals surface area contributed by atoms with Gasteiger partial charge in [0.05, 0.1) is 0 Å². The van der Waals surface area contributed by atoms with Crippen LogP contribution < -0.4 is 5.32 Å². The maximum absolute atomic E-state index is 12.6. The smallest absolute Gasteiger partial charge is 0.254 e. The fraction of sp³-hybridized carbons (Fsp3) is 0.533. The maximum Gasteiger partial charge on any atom is 0.254 e. The predicted octanol–water partition coefficient (Wildman–Crippen LogP) is 3.00. The quantitative estimate of drug-likeness (QED) is 0.836. The Morgan fingerprint density at radius 3 is 3.00 bits per heavy atom. The molecule has 0 saturated carbocycles. The minimum Gasteiger partial charge on any atom is -0.338 e. The number of hydrogen-bond acceptors (Lipinski definition) is 2. The van der Waals surface area contributed by atoms with E-state index in [2.05, 4.69) is 21.2 Å². The highest BCUT2D eigenvalue weighted by Crippen LogP contribution is 2.26. The molecule has 2 fully saturated rings. The Labute approximate surface area is 134 Å². The minimum absolute atomic E-state index is 0. The second-order valence-corrected chi connectivity index (χ2v) is 6.52. The standard InChI is InChI=1S/C15H19BrN2O.ClH/c1-10-2-3-12(16)8-13(10)15(19)18-7-5-14-11(9-18)4-6-17-14;/h2-3,8,11,14,17H,4-7,9H2,1H3;1H. The van der Waals surface area contributed by atoms with Crippen LogP contribution in [0.2, 0.25) is 0 Å². The van der Waals surface area contributed by atoms with E-state index in [1.807, 2.05) is 30.0 Å². The monoisotopic (exact) mass is 358 g/mol. The topological polar surface area (TPSA) is 32.3 Å². The minimum atomic E-state index is 0. The highest BCUT2D eigenvalue weighted by Gasteiger charge is 2.34. The van der Waals surface area contributed by atoms with E-state index < -0.39 is 0 Å². The van der Waals surface area contributed by atoms with Crippen LogP contribution in [0.15, 0.2) is 22.7 Å². The van der Waals surface area contributed by atoms with Crippen LogP contribution in [0, 0.1) is 12.8 Å². The van der Waals surface area contributed by atoms with Crippen molar-refractivity contribution in [1.82, 2.24) is 10.2 Å². The molecule has 5 heteroatoms. The Morgan fingerprint density at radius 1 is 1.40 bits per heavy atom. The van der Waals surface area contributed by atoms with Crippen molar-refractivity contribution in [3.8, 4) is 0 Å². The van der Waals surface area contributed by atoms with E-state index in [0.29, 0.717) is 12.0 Å². The molecule has 2 aliphatic rings. The van der Waals surface area contributed by atoms with Crippen molar-refractivity contribution >= 4 is 34.2 Å². The van der Waals surface area contributed by atoms with Gasteiger partial charge in [-0.25, -0.2) is 0 Å². The van der Waals surface area contributed by atoms with Crippen LogP contribution in [0.25, 0.3) is 0 Å². The lowest BCUT2D eigenvalue weighted by Crippen LogP contribution is -2.47. The van der Waals surface area contributed by atoms with Crippen molar-refractivity contribution < 1.29 is 4.79 Å². The van der Waals surface area contributed by atoms with Crippen LogP contribution in [0.5, 0.6) is 0 Å². The number of carbonyl (C=O) groups is 1. The molecule has 2 unspecified atom stereocenters. The number of benzene rings is 1. The summed E-state index contributed by atoms with van der Waals surface area (Å²) < 4.78 is 0.971. The Kier molecular flexibility index (Phi) is 5.10. The third-order valence-corrected chi connectivity index (χ3v) is 4.87. The van der Waals surface area contributed by atoms with Crippen molar-refractivity contribution in [3.63, 3.8) is 0 Å². The number of likely N-dealkylation sites (tertiary alicyclic amines) is 1. The number of rotatable bonds is 1. The zero-order valence-electron chi connectivity index (χ0n) is 11.6. The number of amides is 1. The van der Waals surface area contributed by atoms with Gasteiger partial charge >= 0.3 is 0 Å². The molecular weight excluding hydrogens is 340 g/mol. The summed E-state index contributed by atoms with van der Waals surface area (Å²) in [6.45, 7) is 4.89. The summed E-state index contributed by atoms with van der Waals surface area (Å²) in [6.07, 6.45) is 2.29. The van der Waals surface area contributed by atoms with E-state index in [1.54, 1.807) is 0 Å². The van der Waals surface area contributed by atoms with E-state index in [4.69, 9.17) is 0 Å². The average molecular weight is 360 g/mol. The van der Waals surface area contributed by atoms with Gasteiger partial charge < -0.3 is 10.2 Å². The van der Waals surface area contributed by atoms with Gasteiger partial charge in [-0.1, -0.05) is 22.0 Å². The van der Waals surface area contributed by atoms with Gasteiger partial charge in [-0.2, -0.15) is 0 Å². The lowest BCUT2D eigenvalue weighted by Gasteiger charge is -2.35. The van der Waals surface area contributed by atoms with Gasteiger partial charge in [0.25, 0.3) is 5.91 Å². The van der Waals surface area contributed by atoms with Crippen LogP contribution in [0.4, 0.5) is 0 Å². The number of nitrogens with zero attached hydrogens (tertiary/aromatic N) is 1. The molecule has 0 aliphatic carbocycles. The Hall–Kier alpha value is -0.580. The van der Waals surface area contributed by atoms with E-state index in [9.17, 15) is 4.79 Å². The van der Waals surface area contributed by atoms with Crippen molar-refractivity contribution in [2.75, 3.05) is 19.6 Å². The number of fused-ring (bicyclic) bond motifs is 1. The van der Waals surface area contributed by atoms with Crippen LogP contribution >= 0.6 is 28.3 Å². The number of carbonyl (C=O) groups excluding carboxylic acids is 1. The van der Waals surface area contributed by atoms with Crippen molar-refractivity contribution in [2.45, 2.75) is 25.8 Å². The first-order valence-corrected chi connectivity index (χ1v) is 7.73. The molecule has 2 heterocycles. The molecule has 2 aliphatic heterocycles. The Bertz CT molecular complexity index is 509. The molecule has 1 aromatic carbocycles. The van der Waals surface area contributed by atoms with E-state index in [-0.39, 0.29) is 18.3 Å². The van der Waals surface area contributed by atoms with Crippen LogP contribution in [-0.4, -0.2) is 36.5 Å².